The first-order valence-corrected chi connectivity index (χ1v) is 8.12. The van der Waals surface area contributed by atoms with Crippen LogP contribution in [-0.4, -0.2) is 23.9 Å². The van der Waals surface area contributed by atoms with Crippen molar-refractivity contribution in [2.45, 2.75) is 19.5 Å². The number of nitrogens with one attached hydrogen (secondary N) is 1. The molecule has 24 heavy (non-hydrogen) atoms. The lowest BCUT2D eigenvalue weighted by molar-refractivity contribution is -0.120. The van der Waals surface area contributed by atoms with Gasteiger partial charge in [-0.25, -0.2) is 0 Å². The van der Waals surface area contributed by atoms with E-state index in [0.29, 0.717) is 27.8 Å². The summed E-state index contributed by atoms with van der Waals surface area (Å²) in [5.74, 6) is -0.190. The number of carbonyl (C=O) groups is 1. The van der Waals surface area contributed by atoms with Crippen LogP contribution in [0.15, 0.2) is 42.5 Å². The van der Waals surface area contributed by atoms with E-state index in [1.807, 2.05) is 18.0 Å². The Kier molecular flexibility index (Phi) is 6.22. The van der Waals surface area contributed by atoms with Crippen LogP contribution in [0.2, 0.25) is 10.0 Å². The molecule has 1 atom stereocenters. The highest BCUT2D eigenvalue weighted by Gasteiger charge is 2.20. The molecule has 6 heteroatoms. The van der Waals surface area contributed by atoms with Gasteiger partial charge >= 0.3 is 0 Å². The molecule has 0 aromatic heterocycles. The van der Waals surface area contributed by atoms with Gasteiger partial charge in [-0.05, 0) is 43.8 Å². The van der Waals surface area contributed by atoms with Crippen molar-refractivity contribution in [1.82, 2.24) is 4.90 Å². The van der Waals surface area contributed by atoms with Crippen LogP contribution in [0, 0.1) is 11.3 Å². The van der Waals surface area contributed by atoms with Crippen molar-refractivity contribution >= 4 is 34.8 Å². The minimum absolute atomic E-state index is 0.190. The van der Waals surface area contributed by atoms with Crippen molar-refractivity contribution in [3.8, 4) is 6.07 Å². The van der Waals surface area contributed by atoms with Gasteiger partial charge in [-0.2, -0.15) is 5.26 Å². The molecule has 0 spiro atoms. The van der Waals surface area contributed by atoms with E-state index in [9.17, 15) is 4.79 Å². The minimum Gasteiger partial charge on any atom is -0.324 e. The Balaban J connectivity index is 2.05. The third kappa shape index (κ3) is 4.48. The Hall–Kier alpha value is -2.06. The van der Waals surface area contributed by atoms with Gasteiger partial charge in [0.1, 0.15) is 6.07 Å². The number of hydrogen-bond acceptors (Lipinski definition) is 3. The maximum atomic E-state index is 12.4. The third-order valence-corrected chi connectivity index (χ3v) is 4.37. The Labute approximate surface area is 151 Å². The molecule has 2 aromatic rings. The lowest BCUT2D eigenvalue weighted by Crippen LogP contribution is -2.39. The first-order valence-electron chi connectivity index (χ1n) is 7.36. The number of para-hydroxylation sites is 1. The zero-order valence-corrected chi connectivity index (χ0v) is 14.9. The second kappa shape index (κ2) is 8.16. The van der Waals surface area contributed by atoms with Crippen molar-refractivity contribution in [3.63, 3.8) is 0 Å². The molecule has 0 heterocycles. The summed E-state index contributed by atoms with van der Waals surface area (Å²) in [6.45, 7) is 2.30. The van der Waals surface area contributed by atoms with E-state index in [4.69, 9.17) is 28.5 Å². The molecule has 0 unspecified atom stereocenters. The number of nitriles is 1. The monoisotopic (exact) mass is 361 g/mol. The van der Waals surface area contributed by atoms with Gasteiger partial charge in [0.25, 0.3) is 0 Å². The standard InChI is InChI=1S/C18H17Cl2N3O/c1-12(18(24)22-17-6-4-3-5-13(17)10-21)23(2)11-14-7-8-15(19)9-16(14)20/h3-9,12H,11H2,1-2H3,(H,22,24)/t12-/m1/s1. The summed E-state index contributed by atoms with van der Waals surface area (Å²) in [6, 6.07) is 13.9. The molecular formula is C18H17Cl2N3O. The molecule has 0 fully saturated rings. The number of anilines is 1. The van der Waals surface area contributed by atoms with Crippen LogP contribution in [0.25, 0.3) is 0 Å². The zero-order valence-electron chi connectivity index (χ0n) is 13.4. The Morgan fingerprint density at radius 3 is 2.67 bits per heavy atom. The van der Waals surface area contributed by atoms with Gasteiger partial charge in [-0.1, -0.05) is 41.4 Å². The predicted molar refractivity (Wildman–Crippen MR) is 97.2 cm³/mol. The first-order chi connectivity index (χ1) is 11.4. The molecule has 2 rings (SSSR count). The molecule has 0 saturated heterocycles. The molecular weight excluding hydrogens is 345 g/mol. The molecule has 1 amide bonds. The maximum Gasteiger partial charge on any atom is 0.241 e. The van der Waals surface area contributed by atoms with Crippen LogP contribution in [0.5, 0.6) is 0 Å². The number of halogens is 2. The molecule has 124 valence electrons. The molecule has 1 N–H and O–H groups in total. The summed E-state index contributed by atoms with van der Waals surface area (Å²) in [7, 11) is 1.84. The lowest BCUT2D eigenvalue weighted by Gasteiger charge is -2.24. The summed E-state index contributed by atoms with van der Waals surface area (Å²) in [6.07, 6.45) is 0. The Morgan fingerprint density at radius 1 is 1.29 bits per heavy atom. The zero-order chi connectivity index (χ0) is 17.7. The van der Waals surface area contributed by atoms with E-state index in [1.54, 1.807) is 43.3 Å². The molecule has 0 aliphatic carbocycles. The third-order valence-electron chi connectivity index (χ3n) is 3.78. The van der Waals surface area contributed by atoms with E-state index in [2.05, 4.69) is 11.4 Å². The van der Waals surface area contributed by atoms with Crippen LogP contribution < -0.4 is 5.32 Å². The van der Waals surface area contributed by atoms with Crippen LogP contribution in [-0.2, 0) is 11.3 Å². The predicted octanol–water partition coefficient (Wildman–Crippen LogP) is 4.32. The fourth-order valence-corrected chi connectivity index (χ4v) is 2.65. The van der Waals surface area contributed by atoms with Crippen molar-refractivity contribution < 1.29 is 4.79 Å². The molecule has 0 saturated carbocycles. The molecule has 4 nitrogen and oxygen atoms in total. The Morgan fingerprint density at radius 2 is 2.00 bits per heavy atom. The van der Waals surface area contributed by atoms with Crippen molar-refractivity contribution in [1.29, 1.82) is 5.26 Å². The van der Waals surface area contributed by atoms with Crippen molar-refractivity contribution in [2.24, 2.45) is 0 Å². The van der Waals surface area contributed by atoms with Crippen LogP contribution >= 0.6 is 23.2 Å². The van der Waals surface area contributed by atoms with E-state index >= 15 is 0 Å². The van der Waals surface area contributed by atoms with E-state index in [0.717, 1.165) is 5.56 Å². The minimum atomic E-state index is -0.400. The highest BCUT2D eigenvalue weighted by molar-refractivity contribution is 6.35. The summed E-state index contributed by atoms with van der Waals surface area (Å²) >= 11 is 12.1. The summed E-state index contributed by atoms with van der Waals surface area (Å²) < 4.78 is 0. The van der Waals surface area contributed by atoms with Gasteiger partial charge < -0.3 is 5.32 Å². The second-order valence-electron chi connectivity index (χ2n) is 5.47. The fraction of sp³-hybridized carbons (Fsp3) is 0.222. The second-order valence-corrected chi connectivity index (χ2v) is 6.32. The smallest absolute Gasteiger partial charge is 0.241 e. The average molecular weight is 362 g/mol. The number of benzene rings is 2. The van der Waals surface area contributed by atoms with Gasteiger partial charge in [0.15, 0.2) is 0 Å². The highest BCUT2D eigenvalue weighted by Crippen LogP contribution is 2.23. The molecule has 0 aliphatic heterocycles. The van der Waals surface area contributed by atoms with Crippen LogP contribution in [0.4, 0.5) is 5.69 Å². The van der Waals surface area contributed by atoms with E-state index in [1.165, 1.54) is 0 Å². The number of rotatable bonds is 5. The van der Waals surface area contributed by atoms with E-state index in [-0.39, 0.29) is 5.91 Å². The fourth-order valence-electron chi connectivity index (χ4n) is 2.18. The molecule has 2 aromatic carbocycles. The molecule has 0 aliphatic rings. The summed E-state index contributed by atoms with van der Waals surface area (Å²) in [5, 5.41) is 13.0. The Bertz CT molecular complexity index is 786. The van der Waals surface area contributed by atoms with Crippen LogP contribution in [0.3, 0.4) is 0 Å². The maximum absolute atomic E-state index is 12.4. The topological polar surface area (TPSA) is 56.1 Å². The summed E-state index contributed by atoms with van der Waals surface area (Å²) in [5.41, 5.74) is 1.83. The van der Waals surface area contributed by atoms with Gasteiger partial charge in [0.05, 0.1) is 17.3 Å². The largest absolute Gasteiger partial charge is 0.324 e. The van der Waals surface area contributed by atoms with Gasteiger partial charge in [-0.15, -0.1) is 0 Å². The summed E-state index contributed by atoms with van der Waals surface area (Å²) in [4.78, 5) is 14.3. The first kappa shape index (κ1) is 18.3. The van der Waals surface area contributed by atoms with E-state index < -0.39 is 6.04 Å². The van der Waals surface area contributed by atoms with Gasteiger partial charge in [-0.3, -0.25) is 9.69 Å². The number of carbonyl (C=O) groups excluding carboxylic acids is 1. The number of amides is 1. The normalized spacial score (nSPS) is 11.8. The van der Waals surface area contributed by atoms with Gasteiger partial charge in [0.2, 0.25) is 5.91 Å². The molecule has 0 radical (unpaired) electrons. The number of likely N-dealkylation sites (N-methyl/N-ethyl adjacent to an activating group) is 1. The van der Waals surface area contributed by atoms with Crippen LogP contribution in [0.1, 0.15) is 18.1 Å². The number of hydrogen-bond donors (Lipinski definition) is 1. The van der Waals surface area contributed by atoms with Crippen molar-refractivity contribution in [3.05, 3.63) is 63.6 Å². The van der Waals surface area contributed by atoms with Gasteiger partial charge in [0, 0.05) is 16.6 Å². The lowest BCUT2D eigenvalue weighted by atomic mass is 10.1. The molecule has 0 bridgehead atoms. The SMILES string of the molecule is C[C@H](C(=O)Nc1ccccc1C#N)N(C)Cc1ccc(Cl)cc1Cl. The average Bonchev–Trinajstić information content (AvgIpc) is 2.57. The highest BCUT2D eigenvalue weighted by atomic mass is 35.5. The number of nitrogens with zero attached hydrogens (tertiary/aromatic N) is 2. The van der Waals surface area contributed by atoms with Crippen molar-refractivity contribution in [2.75, 3.05) is 12.4 Å². The quantitative estimate of drug-likeness (QED) is 0.862.